The Morgan fingerprint density at radius 2 is 2.10 bits per heavy atom. The lowest BCUT2D eigenvalue weighted by Crippen LogP contribution is -2.16. The topological polar surface area (TPSA) is 29.9 Å². The molecular formula is C16H19N3S. The Balaban J connectivity index is 1.77. The van der Waals surface area contributed by atoms with Crippen molar-refractivity contribution in [3.05, 3.63) is 52.5 Å². The van der Waals surface area contributed by atoms with Crippen LogP contribution in [0.15, 0.2) is 41.1 Å². The van der Waals surface area contributed by atoms with E-state index in [-0.39, 0.29) is 0 Å². The predicted octanol–water partition coefficient (Wildman–Crippen LogP) is 3.80. The number of nitrogens with one attached hydrogen (secondary N) is 1. The molecule has 20 heavy (non-hydrogen) atoms. The third-order valence-corrected chi connectivity index (χ3v) is 4.11. The minimum atomic E-state index is 0.810. The van der Waals surface area contributed by atoms with Crippen molar-refractivity contribution in [2.75, 3.05) is 0 Å². The number of aryl methyl sites for hydroxylation is 1. The third-order valence-electron chi connectivity index (χ3n) is 3.37. The zero-order chi connectivity index (χ0) is 13.8. The SMILES string of the molecule is CCCn1c(CNCc2ccsc2)nc2ccccc21. The zero-order valence-electron chi connectivity index (χ0n) is 11.7. The highest BCUT2D eigenvalue weighted by molar-refractivity contribution is 7.07. The van der Waals surface area contributed by atoms with E-state index in [1.807, 2.05) is 6.07 Å². The monoisotopic (exact) mass is 285 g/mol. The summed E-state index contributed by atoms with van der Waals surface area (Å²) in [6.07, 6.45) is 1.12. The van der Waals surface area contributed by atoms with E-state index < -0.39 is 0 Å². The van der Waals surface area contributed by atoms with E-state index in [4.69, 9.17) is 4.98 Å². The predicted molar refractivity (Wildman–Crippen MR) is 84.9 cm³/mol. The Hall–Kier alpha value is -1.65. The summed E-state index contributed by atoms with van der Waals surface area (Å²) in [5.41, 5.74) is 3.67. The van der Waals surface area contributed by atoms with E-state index in [1.54, 1.807) is 11.3 Å². The highest BCUT2D eigenvalue weighted by Crippen LogP contribution is 2.16. The molecule has 0 aliphatic rings. The van der Waals surface area contributed by atoms with E-state index in [1.165, 1.54) is 11.1 Å². The van der Waals surface area contributed by atoms with Crippen LogP contribution in [-0.4, -0.2) is 9.55 Å². The van der Waals surface area contributed by atoms with Crippen LogP contribution in [0.4, 0.5) is 0 Å². The fourth-order valence-electron chi connectivity index (χ4n) is 2.45. The second kappa shape index (κ2) is 6.20. The van der Waals surface area contributed by atoms with E-state index >= 15 is 0 Å². The van der Waals surface area contributed by atoms with E-state index in [9.17, 15) is 0 Å². The van der Waals surface area contributed by atoms with Crippen molar-refractivity contribution in [2.45, 2.75) is 33.0 Å². The zero-order valence-corrected chi connectivity index (χ0v) is 12.5. The summed E-state index contributed by atoms with van der Waals surface area (Å²) in [5, 5.41) is 7.78. The molecule has 0 unspecified atom stereocenters. The quantitative estimate of drug-likeness (QED) is 0.746. The Morgan fingerprint density at radius 3 is 2.90 bits per heavy atom. The molecule has 0 atom stereocenters. The minimum absolute atomic E-state index is 0.810. The van der Waals surface area contributed by atoms with Crippen LogP contribution in [0.5, 0.6) is 0 Å². The van der Waals surface area contributed by atoms with Gasteiger partial charge in [0.15, 0.2) is 0 Å². The second-order valence-electron chi connectivity index (χ2n) is 4.90. The summed E-state index contributed by atoms with van der Waals surface area (Å²) in [4.78, 5) is 4.75. The largest absolute Gasteiger partial charge is 0.327 e. The van der Waals surface area contributed by atoms with Gasteiger partial charge in [0.25, 0.3) is 0 Å². The van der Waals surface area contributed by atoms with Crippen LogP contribution in [-0.2, 0) is 19.6 Å². The number of nitrogens with zero attached hydrogens (tertiary/aromatic N) is 2. The smallest absolute Gasteiger partial charge is 0.123 e. The number of aromatic nitrogens is 2. The first-order valence-corrected chi connectivity index (χ1v) is 7.98. The molecule has 0 spiro atoms. The maximum atomic E-state index is 4.75. The first kappa shape index (κ1) is 13.3. The minimum Gasteiger partial charge on any atom is -0.327 e. The van der Waals surface area contributed by atoms with E-state index in [0.717, 1.165) is 37.4 Å². The molecule has 2 heterocycles. The molecule has 0 aliphatic carbocycles. The van der Waals surface area contributed by atoms with Gasteiger partial charge in [-0.05, 0) is 40.9 Å². The summed E-state index contributed by atoms with van der Waals surface area (Å²) < 4.78 is 2.33. The van der Waals surface area contributed by atoms with Crippen LogP contribution in [0.1, 0.15) is 24.7 Å². The molecule has 0 radical (unpaired) electrons. The van der Waals surface area contributed by atoms with E-state index in [2.05, 4.69) is 51.8 Å². The molecule has 0 saturated carbocycles. The number of imidazole rings is 1. The molecule has 1 aromatic carbocycles. The molecule has 4 heteroatoms. The van der Waals surface area contributed by atoms with Gasteiger partial charge in [-0.15, -0.1) is 0 Å². The van der Waals surface area contributed by atoms with Gasteiger partial charge in [0, 0.05) is 13.1 Å². The van der Waals surface area contributed by atoms with Crippen molar-refractivity contribution >= 4 is 22.4 Å². The van der Waals surface area contributed by atoms with Crippen LogP contribution in [0, 0.1) is 0 Å². The summed E-state index contributed by atoms with van der Waals surface area (Å²) in [5.74, 6) is 1.13. The van der Waals surface area contributed by atoms with E-state index in [0.29, 0.717) is 0 Å². The maximum absolute atomic E-state index is 4.75. The van der Waals surface area contributed by atoms with Crippen LogP contribution >= 0.6 is 11.3 Å². The second-order valence-corrected chi connectivity index (χ2v) is 5.68. The molecule has 3 aromatic rings. The van der Waals surface area contributed by atoms with Crippen molar-refractivity contribution in [3.63, 3.8) is 0 Å². The molecular weight excluding hydrogens is 266 g/mol. The van der Waals surface area contributed by atoms with Crippen LogP contribution in [0.25, 0.3) is 11.0 Å². The summed E-state index contributed by atoms with van der Waals surface area (Å²) in [6.45, 7) is 4.94. The lowest BCUT2D eigenvalue weighted by Gasteiger charge is -2.08. The molecule has 0 bridgehead atoms. The number of fused-ring (bicyclic) bond motifs is 1. The number of benzene rings is 1. The van der Waals surface area contributed by atoms with Gasteiger partial charge in [0.05, 0.1) is 17.6 Å². The fraction of sp³-hybridized carbons (Fsp3) is 0.312. The van der Waals surface area contributed by atoms with Crippen molar-refractivity contribution in [1.82, 2.24) is 14.9 Å². The van der Waals surface area contributed by atoms with Crippen LogP contribution in [0.2, 0.25) is 0 Å². The highest BCUT2D eigenvalue weighted by atomic mass is 32.1. The van der Waals surface area contributed by atoms with Gasteiger partial charge in [-0.3, -0.25) is 0 Å². The lowest BCUT2D eigenvalue weighted by molar-refractivity contribution is 0.599. The van der Waals surface area contributed by atoms with Crippen molar-refractivity contribution in [2.24, 2.45) is 0 Å². The summed E-state index contributed by atoms with van der Waals surface area (Å²) in [6, 6.07) is 10.5. The maximum Gasteiger partial charge on any atom is 0.123 e. The third kappa shape index (κ3) is 2.76. The Bertz CT molecular complexity index is 670. The molecule has 3 rings (SSSR count). The number of para-hydroxylation sites is 2. The number of hydrogen-bond donors (Lipinski definition) is 1. The molecule has 0 saturated heterocycles. The van der Waals surface area contributed by atoms with Gasteiger partial charge in [-0.1, -0.05) is 19.1 Å². The first-order valence-electron chi connectivity index (χ1n) is 7.04. The average molecular weight is 285 g/mol. The highest BCUT2D eigenvalue weighted by Gasteiger charge is 2.09. The normalized spacial score (nSPS) is 11.2. The van der Waals surface area contributed by atoms with Gasteiger partial charge < -0.3 is 9.88 Å². The first-order chi connectivity index (χ1) is 9.88. The summed E-state index contributed by atoms with van der Waals surface area (Å²) >= 11 is 1.74. The van der Waals surface area contributed by atoms with Gasteiger partial charge in [0.2, 0.25) is 0 Å². The summed E-state index contributed by atoms with van der Waals surface area (Å²) in [7, 11) is 0. The standard InChI is InChI=1S/C16H19N3S/c1-2-8-19-15-6-4-3-5-14(15)18-16(19)11-17-10-13-7-9-20-12-13/h3-7,9,12,17H,2,8,10-11H2,1H3. The molecule has 0 fully saturated rings. The Labute approximate surface area is 123 Å². The molecule has 3 nitrogen and oxygen atoms in total. The Kier molecular flexibility index (Phi) is 4.14. The Morgan fingerprint density at radius 1 is 1.20 bits per heavy atom. The lowest BCUT2D eigenvalue weighted by atomic mass is 10.3. The van der Waals surface area contributed by atoms with Crippen LogP contribution in [0.3, 0.4) is 0 Å². The number of thiophene rings is 1. The van der Waals surface area contributed by atoms with Crippen molar-refractivity contribution < 1.29 is 0 Å². The number of hydrogen-bond acceptors (Lipinski definition) is 3. The van der Waals surface area contributed by atoms with Gasteiger partial charge in [0.1, 0.15) is 5.82 Å². The molecule has 0 aliphatic heterocycles. The average Bonchev–Trinajstić information content (AvgIpc) is 3.08. The van der Waals surface area contributed by atoms with Crippen molar-refractivity contribution in [3.8, 4) is 0 Å². The molecule has 2 aromatic heterocycles. The van der Waals surface area contributed by atoms with Crippen molar-refractivity contribution in [1.29, 1.82) is 0 Å². The van der Waals surface area contributed by atoms with Crippen LogP contribution < -0.4 is 5.32 Å². The number of rotatable bonds is 6. The fourth-order valence-corrected chi connectivity index (χ4v) is 3.11. The van der Waals surface area contributed by atoms with Gasteiger partial charge >= 0.3 is 0 Å². The molecule has 104 valence electrons. The molecule has 0 amide bonds. The van der Waals surface area contributed by atoms with Gasteiger partial charge in [-0.25, -0.2) is 4.98 Å². The molecule has 1 N–H and O–H groups in total. The van der Waals surface area contributed by atoms with Gasteiger partial charge in [-0.2, -0.15) is 11.3 Å².